The summed E-state index contributed by atoms with van der Waals surface area (Å²) in [4.78, 5) is 15.0. The molecule has 0 aliphatic carbocycles. The topological polar surface area (TPSA) is 69.3 Å². The monoisotopic (exact) mass is 470 g/mol. The van der Waals surface area contributed by atoms with Crippen LogP contribution >= 0.6 is 12.2 Å². The zero-order chi connectivity index (χ0) is 24.1. The van der Waals surface area contributed by atoms with Crippen molar-refractivity contribution in [2.75, 3.05) is 25.7 Å². The SMILES string of the molecule is CCOC(=O)C1=C(C)N(c2ccc(OC)cc2)C(=S)NC1c1cccc(OC)c1OC(C)C. The van der Waals surface area contributed by atoms with Crippen LogP contribution in [0.2, 0.25) is 0 Å². The molecule has 7 nitrogen and oxygen atoms in total. The van der Waals surface area contributed by atoms with E-state index in [0.29, 0.717) is 27.9 Å². The maximum atomic E-state index is 13.2. The van der Waals surface area contributed by atoms with Crippen LogP contribution in [0, 0.1) is 0 Å². The van der Waals surface area contributed by atoms with Gasteiger partial charge in [-0.15, -0.1) is 0 Å². The molecule has 3 rings (SSSR count). The van der Waals surface area contributed by atoms with E-state index in [4.69, 9.17) is 31.2 Å². The molecule has 176 valence electrons. The van der Waals surface area contributed by atoms with Gasteiger partial charge in [-0.1, -0.05) is 12.1 Å². The zero-order valence-corrected chi connectivity index (χ0v) is 20.6. The number of thiocarbonyl (C=S) groups is 1. The molecule has 1 aliphatic heterocycles. The predicted molar refractivity (Wildman–Crippen MR) is 132 cm³/mol. The molecule has 1 heterocycles. The number of ether oxygens (including phenoxy) is 4. The second-order valence-corrected chi connectivity index (χ2v) is 8.07. The summed E-state index contributed by atoms with van der Waals surface area (Å²) in [6.45, 7) is 7.77. The van der Waals surface area contributed by atoms with Crippen LogP contribution in [0.5, 0.6) is 17.2 Å². The average Bonchev–Trinajstić information content (AvgIpc) is 2.79. The van der Waals surface area contributed by atoms with E-state index in [1.165, 1.54) is 0 Å². The molecule has 1 unspecified atom stereocenters. The molecule has 1 N–H and O–H groups in total. The fourth-order valence-corrected chi connectivity index (χ4v) is 4.13. The number of nitrogens with one attached hydrogen (secondary N) is 1. The van der Waals surface area contributed by atoms with Crippen LogP contribution < -0.4 is 24.4 Å². The van der Waals surface area contributed by atoms with E-state index in [9.17, 15) is 4.79 Å². The van der Waals surface area contributed by atoms with Crippen LogP contribution in [0.15, 0.2) is 53.7 Å². The number of hydrogen-bond donors (Lipinski definition) is 1. The van der Waals surface area contributed by atoms with Gasteiger partial charge >= 0.3 is 5.97 Å². The molecule has 0 radical (unpaired) electrons. The highest BCUT2D eigenvalue weighted by molar-refractivity contribution is 7.80. The summed E-state index contributed by atoms with van der Waals surface area (Å²) in [5.41, 5.74) is 2.66. The lowest BCUT2D eigenvalue weighted by atomic mass is 9.93. The Hall–Kier alpha value is -3.26. The Morgan fingerprint density at radius 1 is 1.12 bits per heavy atom. The van der Waals surface area contributed by atoms with Gasteiger partial charge in [0.1, 0.15) is 5.75 Å². The van der Waals surface area contributed by atoms with Crippen molar-refractivity contribution >= 4 is 29.0 Å². The molecule has 1 atom stereocenters. The highest BCUT2D eigenvalue weighted by Gasteiger charge is 2.37. The first-order chi connectivity index (χ1) is 15.8. The van der Waals surface area contributed by atoms with Crippen molar-refractivity contribution < 1.29 is 23.7 Å². The summed E-state index contributed by atoms with van der Waals surface area (Å²) in [6.07, 6.45) is -0.0949. The Balaban J connectivity index is 2.18. The van der Waals surface area contributed by atoms with Crippen LogP contribution in [0.4, 0.5) is 5.69 Å². The van der Waals surface area contributed by atoms with Crippen molar-refractivity contribution in [2.45, 2.75) is 39.8 Å². The molecule has 0 fully saturated rings. The molecule has 0 saturated carbocycles. The number of benzene rings is 2. The van der Waals surface area contributed by atoms with Gasteiger partial charge in [0.25, 0.3) is 0 Å². The number of esters is 1. The summed E-state index contributed by atoms with van der Waals surface area (Å²) < 4.78 is 22.4. The van der Waals surface area contributed by atoms with Crippen molar-refractivity contribution in [1.29, 1.82) is 0 Å². The van der Waals surface area contributed by atoms with E-state index >= 15 is 0 Å². The largest absolute Gasteiger partial charge is 0.497 e. The molecule has 2 aromatic rings. The number of carbonyl (C=O) groups is 1. The number of anilines is 1. The van der Waals surface area contributed by atoms with E-state index in [0.717, 1.165) is 17.0 Å². The van der Waals surface area contributed by atoms with Crippen molar-refractivity contribution in [1.82, 2.24) is 5.32 Å². The molecule has 0 aromatic heterocycles. The Bertz CT molecular complexity index is 1050. The Kier molecular flexibility index (Phi) is 7.81. The van der Waals surface area contributed by atoms with Crippen LogP contribution in [0.1, 0.15) is 39.3 Å². The number of carbonyl (C=O) groups excluding carboxylic acids is 1. The van der Waals surface area contributed by atoms with Crippen molar-refractivity contribution in [3.63, 3.8) is 0 Å². The van der Waals surface area contributed by atoms with Gasteiger partial charge in [-0.3, -0.25) is 4.90 Å². The number of rotatable bonds is 8. The van der Waals surface area contributed by atoms with Gasteiger partial charge in [-0.2, -0.15) is 0 Å². The van der Waals surface area contributed by atoms with Crippen LogP contribution in [-0.2, 0) is 9.53 Å². The second-order valence-electron chi connectivity index (χ2n) is 7.68. The smallest absolute Gasteiger partial charge is 0.338 e. The molecule has 0 bridgehead atoms. The minimum absolute atomic E-state index is 0.0949. The van der Waals surface area contributed by atoms with Crippen molar-refractivity contribution in [2.24, 2.45) is 0 Å². The minimum atomic E-state index is -0.574. The lowest BCUT2D eigenvalue weighted by Gasteiger charge is -2.38. The first kappa shape index (κ1) is 24.4. The van der Waals surface area contributed by atoms with Crippen LogP contribution in [-0.4, -0.2) is 38.0 Å². The number of allylic oxidation sites excluding steroid dienone is 1. The second kappa shape index (κ2) is 10.6. The summed E-state index contributed by atoms with van der Waals surface area (Å²) in [5.74, 6) is 1.44. The maximum absolute atomic E-state index is 13.2. The Morgan fingerprint density at radius 2 is 1.82 bits per heavy atom. The van der Waals surface area contributed by atoms with E-state index in [-0.39, 0.29) is 12.7 Å². The molecule has 0 amide bonds. The van der Waals surface area contributed by atoms with Crippen LogP contribution in [0.3, 0.4) is 0 Å². The van der Waals surface area contributed by atoms with Crippen molar-refractivity contribution in [3.05, 3.63) is 59.3 Å². The highest BCUT2D eigenvalue weighted by Crippen LogP contribution is 2.42. The number of nitrogens with zero attached hydrogens (tertiary/aromatic N) is 1. The van der Waals surface area contributed by atoms with Gasteiger partial charge in [0.2, 0.25) is 0 Å². The van der Waals surface area contributed by atoms with E-state index < -0.39 is 12.0 Å². The van der Waals surface area contributed by atoms with Gasteiger partial charge in [0.05, 0.1) is 38.5 Å². The fourth-order valence-electron chi connectivity index (χ4n) is 3.77. The van der Waals surface area contributed by atoms with Gasteiger partial charge in [0, 0.05) is 16.9 Å². The number of hydrogen-bond acceptors (Lipinski definition) is 6. The molecule has 2 aromatic carbocycles. The third-order valence-corrected chi connectivity index (χ3v) is 5.51. The predicted octanol–water partition coefficient (Wildman–Crippen LogP) is 4.76. The van der Waals surface area contributed by atoms with Crippen LogP contribution in [0.25, 0.3) is 0 Å². The summed E-state index contributed by atoms with van der Waals surface area (Å²) >= 11 is 5.75. The first-order valence-corrected chi connectivity index (χ1v) is 11.2. The quantitative estimate of drug-likeness (QED) is 0.437. The van der Waals surface area contributed by atoms with Gasteiger partial charge in [-0.25, -0.2) is 4.79 Å². The Morgan fingerprint density at radius 3 is 2.39 bits per heavy atom. The van der Waals surface area contributed by atoms with Gasteiger partial charge in [0.15, 0.2) is 16.6 Å². The average molecular weight is 471 g/mol. The van der Waals surface area contributed by atoms with Gasteiger partial charge in [-0.05, 0) is 70.2 Å². The Labute approximate surface area is 200 Å². The lowest BCUT2D eigenvalue weighted by Crippen LogP contribution is -2.48. The minimum Gasteiger partial charge on any atom is -0.497 e. The standard InChI is InChI=1S/C25H30N2O5S/c1-7-31-24(28)21-16(4)27(17-11-13-18(29-5)14-12-17)25(33)26-22(21)19-9-8-10-20(30-6)23(19)32-15(2)3/h8-15,22H,7H2,1-6H3,(H,26,33). The number of para-hydroxylation sites is 1. The van der Waals surface area contributed by atoms with E-state index in [2.05, 4.69) is 5.32 Å². The summed E-state index contributed by atoms with van der Waals surface area (Å²) in [7, 11) is 3.20. The molecule has 1 aliphatic rings. The lowest BCUT2D eigenvalue weighted by molar-refractivity contribution is -0.139. The maximum Gasteiger partial charge on any atom is 0.338 e. The summed E-state index contributed by atoms with van der Waals surface area (Å²) in [6, 6.07) is 12.5. The molecule has 0 saturated heterocycles. The highest BCUT2D eigenvalue weighted by atomic mass is 32.1. The number of methoxy groups -OCH3 is 2. The zero-order valence-electron chi connectivity index (χ0n) is 19.8. The van der Waals surface area contributed by atoms with Crippen molar-refractivity contribution in [3.8, 4) is 17.2 Å². The first-order valence-electron chi connectivity index (χ1n) is 10.8. The fraction of sp³-hybridized carbons (Fsp3) is 0.360. The molecular formula is C25H30N2O5S. The summed E-state index contributed by atoms with van der Waals surface area (Å²) in [5, 5.41) is 3.78. The third-order valence-electron chi connectivity index (χ3n) is 5.20. The molecule has 33 heavy (non-hydrogen) atoms. The van der Waals surface area contributed by atoms with Gasteiger partial charge < -0.3 is 24.3 Å². The van der Waals surface area contributed by atoms with E-state index in [1.807, 2.05) is 68.1 Å². The normalized spacial score (nSPS) is 15.9. The molecule has 0 spiro atoms. The third kappa shape index (κ3) is 5.06. The molecular weight excluding hydrogens is 440 g/mol. The van der Waals surface area contributed by atoms with E-state index in [1.54, 1.807) is 21.1 Å². The molecule has 8 heteroatoms.